The summed E-state index contributed by atoms with van der Waals surface area (Å²) in [6.45, 7) is 2.13. The van der Waals surface area contributed by atoms with Crippen LogP contribution in [0.4, 0.5) is 0 Å². The van der Waals surface area contributed by atoms with Crippen LogP contribution in [-0.4, -0.2) is 32.8 Å². The lowest BCUT2D eigenvalue weighted by atomic mass is 10.3. The first-order chi connectivity index (χ1) is 7.15. The van der Waals surface area contributed by atoms with Crippen LogP contribution in [0.25, 0.3) is 0 Å². The van der Waals surface area contributed by atoms with Gasteiger partial charge in [-0.3, -0.25) is 5.41 Å². The van der Waals surface area contributed by atoms with Crippen LogP contribution in [0, 0.1) is 5.41 Å². The SMILES string of the molecule is CC(CCO)Sc1nccnc1C(=N)N. The molecule has 1 atom stereocenters. The third-order valence-corrected chi connectivity index (χ3v) is 2.93. The van der Waals surface area contributed by atoms with Gasteiger partial charge in [0.15, 0.2) is 0 Å². The van der Waals surface area contributed by atoms with Gasteiger partial charge in [-0.25, -0.2) is 9.97 Å². The molecule has 0 aliphatic heterocycles. The van der Waals surface area contributed by atoms with Crippen LogP contribution < -0.4 is 5.73 Å². The van der Waals surface area contributed by atoms with Gasteiger partial charge in [0.25, 0.3) is 0 Å². The lowest BCUT2D eigenvalue weighted by molar-refractivity contribution is 0.289. The van der Waals surface area contributed by atoms with Crippen molar-refractivity contribution in [3.63, 3.8) is 0 Å². The van der Waals surface area contributed by atoms with Crippen molar-refractivity contribution in [1.29, 1.82) is 5.41 Å². The minimum Gasteiger partial charge on any atom is -0.396 e. The molecular formula is C9H14N4OS. The molecule has 5 nitrogen and oxygen atoms in total. The zero-order valence-corrected chi connectivity index (χ0v) is 9.29. The lowest BCUT2D eigenvalue weighted by Gasteiger charge is -2.10. The zero-order valence-electron chi connectivity index (χ0n) is 8.47. The maximum atomic E-state index is 8.78. The van der Waals surface area contributed by atoms with Gasteiger partial charge in [-0.1, -0.05) is 6.92 Å². The largest absolute Gasteiger partial charge is 0.396 e. The Bertz CT molecular complexity index is 345. The van der Waals surface area contributed by atoms with Crippen molar-refractivity contribution in [2.45, 2.75) is 23.6 Å². The van der Waals surface area contributed by atoms with Gasteiger partial charge in [0.2, 0.25) is 0 Å². The fourth-order valence-electron chi connectivity index (χ4n) is 1.03. The number of hydrogen-bond donors (Lipinski definition) is 3. The number of thioether (sulfide) groups is 1. The molecule has 1 heterocycles. The minimum absolute atomic E-state index is 0.0817. The van der Waals surface area contributed by atoms with Crippen molar-refractivity contribution in [3.8, 4) is 0 Å². The highest BCUT2D eigenvalue weighted by Crippen LogP contribution is 2.24. The Morgan fingerprint density at radius 2 is 2.27 bits per heavy atom. The van der Waals surface area contributed by atoms with Gasteiger partial charge >= 0.3 is 0 Å². The second-order valence-electron chi connectivity index (χ2n) is 3.06. The Hall–Kier alpha value is -1.14. The summed E-state index contributed by atoms with van der Waals surface area (Å²) in [4.78, 5) is 8.12. The van der Waals surface area contributed by atoms with E-state index < -0.39 is 0 Å². The molecule has 0 radical (unpaired) electrons. The maximum absolute atomic E-state index is 8.78. The van der Waals surface area contributed by atoms with Crippen LogP contribution in [-0.2, 0) is 0 Å². The predicted octanol–water partition coefficient (Wildman–Crippen LogP) is 0.624. The van der Waals surface area contributed by atoms with Crippen LogP contribution >= 0.6 is 11.8 Å². The number of nitrogens with two attached hydrogens (primary N) is 1. The summed E-state index contributed by atoms with van der Waals surface area (Å²) in [7, 11) is 0. The fourth-order valence-corrected chi connectivity index (χ4v) is 2.03. The van der Waals surface area contributed by atoms with Crippen LogP contribution in [0.15, 0.2) is 17.4 Å². The summed E-state index contributed by atoms with van der Waals surface area (Å²) in [6.07, 6.45) is 3.76. The number of aliphatic hydroxyl groups excluding tert-OH is 1. The maximum Gasteiger partial charge on any atom is 0.144 e. The van der Waals surface area contributed by atoms with E-state index >= 15 is 0 Å². The van der Waals surface area contributed by atoms with Crippen molar-refractivity contribution in [3.05, 3.63) is 18.1 Å². The van der Waals surface area contributed by atoms with Gasteiger partial charge in [0, 0.05) is 24.3 Å². The number of nitrogen functional groups attached to an aromatic ring is 1. The summed E-state index contributed by atoms with van der Waals surface area (Å²) < 4.78 is 0. The van der Waals surface area contributed by atoms with Gasteiger partial charge in [0.05, 0.1) is 0 Å². The highest BCUT2D eigenvalue weighted by atomic mass is 32.2. The molecule has 0 aliphatic carbocycles. The van der Waals surface area contributed by atoms with Crippen LogP contribution in [0.5, 0.6) is 0 Å². The number of rotatable bonds is 5. The molecular weight excluding hydrogens is 212 g/mol. The highest BCUT2D eigenvalue weighted by molar-refractivity contribution is 7.99. The topological polar surface area (TPSA) is 95.9 Å². The van der Waals surface area contributed by atoms with E-state index in [1.807, 2.05) is 6.92 Å². The zero-order chi connectivity index (χ0) is 11.3. The Morgan fingerprint density at radius 1 is 1.60 bits per heavy atom. The number of nitrogens with one attached hydrogen (secondary N) is 1. The molecule has 4 N–H and O–H groups in total. The average molecular weight is 226 g/mol. The number of nitrogens with zero attached hydrogens (tertiary/aromatic N) is 2. The molecule has 0 bridgehead atoms. The molecule has 0 spiro atoms. The van der Waals surface area contributed by atoms with Crippen molar-refractivity contribution in [2.75, 3.05) is 6.61 Å². The van der Waals surface area contributed by atoms with Crippen LogP contribution in [0.1, 0.15) is 19.0 Å². The summed E-state index contributed by atoms with van der Waals surface area (Å²) in [6, 6.07) is 0. The van der Waals surface area contributed by atoms with Crippen molar-refractivity contribution >= 4 is 17.6 Å². The number of aliphatic hydroxyl groups is 1. The summed E-state index contributed by atoms with van der Waals surface area (Å²) >= 11 is 1.47. The van der Waals surface area contributed by atoms with Gasteiger partial charge in [-0.2, -0.15) is 0 Å². The third kappa shape index (κ3) is 3.49. The molecule has 0 saturated heterocycles. The highest BCUT2D eigenvalue weighted by Gasteiger charge is 2.12. The minimum atomic E-state index is -0.0817. The van der Waals surface area contributed by atoms with Crippen LogP contribution in [0.2, 0.25) is 0 Å². The van der Waals surface area contributed by atoms with Crippen LogP contribution in [0.3, 0.4) is 0 Å². The van der Waals surface area contributed by atoms with Gasteiger partial charge in [-0.05, 0) is 6.42 Å². The van der Waals surface area contributed by atoms with Gasteiger partial charge in [0.1, 0.15) is 16.6 Å². The Kier molecular flexibility index (Phi) is 4.51. The van der Waals surface area contributed by atoms with E-state index in [0.29, 0.717) is 17.1 Å². The molecule has 1 unspecified atom stereocenters. The average Bonchev–Trinajstić information content (AvgIpc) is 2.18. The molecule has 0 aliphatic rings. The second-order valence-corrected chi connectivity index (χ2v) is 4.49. The van der Waals surface area contributed by atoms with Crippen molar-refractivity contribution in [2.24, 2.45) is 5.73 Å². The second kappa shape index (κ2) is 5.67. The van der Waals surface area contributed by atoms with Crippen molar-refractivity contribution in [1.82, 2.24) is 9.97 Å². The van der Waals surface area contributed by atoms with E-state index in [9.17, 15) is 0 Å². The first-order valence-corrected chi connectivity index (χ1v) is 5.46. The molecule has 0 saturated carbocycles. The Balaban J connectivity index is 2.79. The summed E-state index contributed by atoms with van der Waals surface area (Å²) in [5, 5.41) is 17.0. The van der Waals surface area contributed by atoms with Crippen molar-refractivity contribution < 1.29 is 5.11 Å². The summed E-state index contributed by atoms with van der Waals surface area (Å²) in [5.74, 6) is -0.0817. The van der Waals surface area contributed by atoms with E-state index in [1.54, 1.807) is 6.20 Å². The number of aromatic nitrogens is 2. The number of amidine groups is 1. The molecule has 1 rings (SSSR count). The smallest absolute Gasteiger partial charge is 0.144 e. The normalized spacial score (nSPS) is 12.4. The molecule has 1 aromatic heterocycles. The third-order valence-electron chi connectivity index (χ3n) is 1.77. The standard InChI is InChI=1S/C9H14N4OS/c1-6(2-5-14)15-9-7(8(10)11)12-3-4-13-9/h3-4,6,14H,2,5H2,1H3,(H3,10,11). The summed E-state index contributed by atoms with van der Waals surface area (Å²) in [5.41, 5.74) is 5.79. The monoisotopic (exact) mass is 226 g/mol. The quantitative estimate of drug-likeness (QED) is 0.388. The molecule has 82 valence electrons. The number of hydrogen-bond acceptors (Lipinski definition) is 5. The Morgan fingerprint density at radius 3 is 2.87 bits per heavy atom. The molecule has 1 aromatic rings. The molecule has 0 aromatic carbocycles. The van der Waals surface area contributed by atoms with E-state index in [0.717, 1.165) is 0 Å². The first kappa shape index (κ1) is 11.9. The van der Waals surface area contributed by atoms with Gasteiger partial charge in [-0.15, -0.1) is 11.8 Å². The van der Waals surface area contributed by atoms with E-state index in [4.69, 9.17) is 16.2 Å². The Labute approximate surface area is 92.6 Å². The lowest BCUT2D eigenvalue weighted by Crippen LogP contribution is -2.15. The van der Waals surface area contributed by atoms with E-state index in [-0.39, 0.29) is 17.7 Å². The predicted molar refractivity (Wildman–Crippen MR) is 60.1 cm³/mol. The molecule has 0 amide bonds. The first-order valence-electron chi connectivity index (χ1n) is 4.58. The molecule has 15 heavy (non-hydrogen) atoms. The van der Waals surface area contributed by atoms with Gasteiger partial charge < -0.3 is 10.8 Å². The molecule has 6 heteroatoms. The van der Waals surface area contributed by atoms with E-state index in [1.165, 1.54) is 18.0 Å². The molecule has 0 fully saturated rings. The van der Waals surface area contributed by atoms with E-state index in [2.05, 4.69) is 9.97 Å². The fraction of sp³-hybridized carbons (Fsp3) is 0.444.